The monoisotopic (exact) mass is 273 g/mol. The molecule has 0 aliphatic rings. The van der Waals surface area contributed by atoms with Crippen molar-refractivity contribution in [2.45, 2.75) is 19.1 Å². The van der Waals surface area contributed by atoms with Gasteiger partial charge in [-0.25, -0.2) is 4.79 Å². The number of rotatable bonds is 5. The average Bonchev–Trinajstić information content (AvgIpc) is 2.38. The maximum Gasteiger partial charge on any atom is 0.336 e. The van der Waals surface area contributed by atoms with Crippen molar-refractivity contribution in [3.63, 3.8) is 0 Å². The van der Waals surface area contributed by atoms with Crippen LogP contribution >= 0.6 is 0 Å². The first-order chi connectivity index (χ1) is 9.40. The van der Waals surface area contributed by atoms with Gasteiger partial charge in [0.25, 0.3) is 0 Å². The van der Waals surface area contributed by atoms with Gasteiger partial charge in [-0.15, -0.1) is 0 Å². The first-order valence-corrected chi connectivity index (χ1v) is 6.51. The van der Waals surface area contributed by atoms with Crippen LogP contribution < -0.4 is 0 Å². The molecule has 0 aliphatic heterocycles. The highest BCUT2D eigenvalue weighted by Crippen LogP contribution is 2.20. The fourth-order valence-corrected chi connectivity index (χ4v) is 2.37. The molecule has 0 saturated carbocycles. The molecule has 4 heteroatoms. The SMILES string of the molecule is CN(Cc1cccc2ccccc12)CC(C)(O)C(=O)O. The summed E-state index contributed by atoms with van der Waals surface area (Å²) in [7, 11) is 1.80. The highest BCUT2D eigenvalue weighted by atomic mass is 16.4. The lowest BCUT2D eigenvalue weighted by molar-refractivity contribution is -0.158. The number of nitrogens with zero attached hydrogens (tertiary/aromatic N) is 1. The zero-order chi connectivity index (χ0) is 14.8. The van der Waals surface area contributed by atoms with Gasteiger partial charge in [-0.3, -0.25) is 4.90 Å². The smallest absolute Gasteiger partial charge is 0.336 e. The van der Waals surface area contributed by atoms with E-state index in [4.69, 9.17) is 5.11 Å². The predicted molar refractivity (Wildman–Crippen MR) is 78.5 cm³/mol. The van der Waals surface area contributed by atoms with E-state index >= 15 is 0 Å². The van der Waals surface area contributed by atoms with Crippen molar-refractivity contribution in [1.82, 2.24) is 4.90 Å². The fourth-order valence-electron chi connectivity index (χ4n) is 2.37. The molecule has 2 N–H and O–H groups in total. The van der Waals surface area contributed by atoms with Crippen LogP contribution in [0, 0.1) is 0 Å². The molecule has 20 heavy (non-hydrogen) atoms. The minimum absolute atomic E-state index is 0.0750. The minimum atomic E-state index is -1.74. The minimum Gasteiger partial charge on any atom is -0.479 e. The Morgan fingerprint density at radius 1 is 1.20 bits per heavy atom. The van der Waals surface area contributed by atoms with Gasteiger partial charge in [0.15, 0.2) is 5.60 Å². The van der Waals surface area contributed by atoms with Crippen molar-refractivity contribution < 1.29 is 15.0 Å². The van der Waals surface area contributed by atoms with Gasteiger partial charge < -0.3 is 10.2 Å². The Hall–Kier alpha value is -1.91. The molecule has 0 aromatic heterocycles. The van der Waals surface area contributed by atoms with Crippen molar-refractivity contribution in [2.24, 2.45) is 0 Å². The Bertz CT molecular complexity index is 617. The fraction of sp³-hybridized carbons (Fsp3) is 0.312. The first-order valence-electron chi connectivity index (χ1n) is 6.51. The number of carboxylic acids is 1. The van der Waals surface area contributed by atoms with E-state index in [1.807, 2.05) is 47.4 Å². The van der Waals surface area contributed by atoms with Gasteiger partial charge in [0.1, 0.15) is 0 Å². The lowest BCUT2D eigenvalue weighted by Crippen LogP contribution is -2.45. The van der Waals surface area contributed by atoms with Crippen LogP contribution in [-0.2, 0) is 11.3 Å². The molecular weight excluding hydrogens is 254 g/mol. The Morgan fingerprint density at radius 3 is 2.55 bits per heavy atom. The standard InChI is InChI=1S/C16H19NO3/c1-16(20,15(18)19)11-17(2)10-13-8-5-7-12-6-3-4-9-14(12)13/h3-9,20H,10-11H2,1-2H3,(H,18,19). The topological polar surface area (TPSA) is 60.8 Å². The summed E-state index contributed by atoms with van der Waals surface area (Å²) in [6.07, 6.45) is 0. The highest BCUT2D eigenvalue weighted by molar-refractivity contribution is 5.85. The van der Waals surface area contributed by atoms with Crippen LogP contribution in [0.25, 0.3) is 10.8 Å². The van der Waals surface area contributed by atoms with E-state index < -0.39 is 11.6 Å². The second-order valence-electron chi connectivity index (χ2n) is 5.39. The Morgan fingerprint density at radius 2 is 1.85 bits per heavy atom. The van der Waals surface area contributed by atoms with E-state index in [9.17, 15) is 9.90 Å². The number of carbonyl (C=O) groups is 1. The molecule has 1 atom stereocenters. The number of likely N-dealkylation sites (N-methyl/N-ethyl adjacent to an activating group) is 1. The van der Waals surface area contributed by atoms with Gasteiger partial charge in [-0.1, -0.05) is 42.5 Å². The maximum atomic E-state index is 10.9. The highest BCUT2D eigenvalue weighted by Gasteiger charge is 2.31. The number of hydrogen-bond donors (Lipinski definition) is 2. The summed E-state index contributed by atoms with van der Waals surface area (Å²) < 4.78 is 0. The maximum absolute atomic E-state index is 10.9. The zero-order valence-electron chi connectivity index (χ0n) is 11.7. The largest absolute Gasteiger partial charge is 0.479 e. The molecule has 2 rings (SSSR count). The van der Waals surface area contributed by atoms with Gasteiger partial charge in [0.05, 0.1) is 0 Å². The average molecular weight is 273 g/mol. The molecule has 0 aliphatic carbocycles. The van der Waals surface area contributed by atoms with Crippen LogP contribution in [0.1, 0.15) is 12.5 Å². The summed E-state index contributed by atoms with van der Waals surface area (Å²) >= 11 is 0. The molecule has 0 spiro atoms. The van der Waals surface area contributed by atoms with E-state index in [0.29, 0.717) is 6.54 Å². The molecule has 0 saturated heterocycles. The first kappa shape index (κ1) is 14.5. The van der Waals surface area contributed by atoms with Gasteiger partial charge in [0, 0.05) is 13.1 Å². The van der Waals surface area contributed by atoms with Gasteiger partial charge in [-0.2, -0.15) is 0 Å². The zero-order valence-corrected chi connectivity index (χ0v) is 11.7. The van der Waals surface area contributed by atoms with E-state index in [1.165, 1.54) is 6.92 Å². The summed E-state index contributed by atoms with van der Waals surface area (Å²) in [6, 6.07) is 14.1. The summed E-state index contributed by atoms with van der Waals surface area (Å²) in [5, 5.41) is 21.1. The second kappa shape index (κ2) is 5.61. The molecule has 0 heterocycles. The van der Waals surface area contributed by atoms with Crippen LogP contribution in [0.3, 0.4) is 0 Å². The number of aliphatic carboxylic acids is 1. The molecule has 0 amide bonds. The predicted octanol–water partition coefficient (Wildman–Crippen LogP) is 2.11. The third kappa shape index (κ3) is 3.15. The number of aliphatic hydroxyl groups is 1. The number of fused-ring (bicyclic) bond motifs is 1. The Kier molecular flexibility index (Phi) is 4.06. The van der Waals surface area contributed by atoms with Crippen molar-refractivity contribution in [3.05, 3.63) is 48.0 Å². The molecule has 4 nitrogen and oxygen atoms in total. The van der Waals surface area contributed by atoms with E-state index in [-0.39, 0.29) is 6.54 Å². The molecule has 0 radical (unpaired) electrons. The summed E-state index contributed by atoms with van der Waals surface area (Å²) in [4.78, 5) is 12.8. The van der Waals surface area contributed by atoms with E-state index in [0.717, 1.165) is 16.3 Å². The van der Waals surface area contributed by atoms with Crippen LogP contribution in [0.2, 0.25) is 0 Å². The molecule has 2 aromatic carbocycles. The van der Waals surface area contributed by atoms with Crippen molar-refractivity contribution in [2.75, 3.05) is 13.6 Å². The van der Waals surface area contributed by atoms with E-state index in [2.05, 4.69) is 0 Å². The second-order valence-corrected chi connectivity index (χ2v) is 5.39. The molecular formula is C16H19NO3. The van der Waals surface area contributed by atoms with Crippen LogP contribution in [0.15, 0.2) is 42.5 Å². The summed E-state index contributed by atoms with van der Waals surface area (Å²) in [6.45, 7) is 1.98. The number of hydrogen-bond acceptors (Lipinski definition) is 3. The molecule has 106 valence electrons. The Labute approximate surface area is 118 Å². The number of carboxylic acid groups (broad SMARTS) is 1. The molecule has 0 bridgehead atoms. The number of benzene rings is 2. The van der Waals surface area contributed by atoms with Gasteiger partial charge in [0.2, 0.25) is 0 Å². The third-order valence-electron chi connectivity index (χ3n) is 3.36. The van der Waals surface area contributed by atoms with Crippen molar-refractivity contribution >= 4 is 16.7 Å². The molecule has 0 fully saturated rings. The Balaban J connectivity index is 2.18. The quantitative estimate of drug-likeness (QED) is 0.876. The van der Waals surface area contributed by atoms with Gasteiger partial charge in [-0.05, 0) is 30.3 Å². The van der Waals surface area contributed by atoms with E-state index in [1.54, 1.807) is 7.05 Å². The third-order valence-corrected chi connectivity index (χ3v) is 3.36. The van der Waals surface area contributed by atoms with Crippen LogP contribution in [-0.4, -0.2) is 40.3 Å². The lowest BCUT2D eigenvalue weighted by atomic mass is 10.0. The van der Waals surface area contributed by atoms with Gasteiger partial charge >= 0.3 is 5.97 Å². The summed E-state index contributed by atoms with van der Waals surface area (Å²) in [5.41, 5.74) is -0.619. The van der Waals surface area contributed by atoms with Crippen LogP contribution in [0.4, 0.5) is 0 Å². The normalized spacial score (nSPS) is 14.4. The van der Waals surface area contributed by atoms with Crippen LogP contribution in [0.5, 0.6) is 0 Å². The summed E-state index contributed by atoms with van der Waals surface area (Å²) in [5.74, 6) is -1.21. The molecule has 2 aromatic rings. The lowest BCUT2D eigenvalue weighted by Gasteiger charge is -2.25. The van der Waals surface area contributed by atoms with Crippen molar-refractivity contribution in [1.29, 1.82) is 0 Å². The van der Waals surface area contributed by atoms with Crippen molar-refractivity contribution in [3.8, 4) is 0 Å². The molecule has 1 unspecified atom stereocenters.